The molecule has 0 aliphatic heterocycles. The van der Waals surface area contributed by atoms with Crippen molar-refractivity contribution in [2.24, 2.45) is 0 Å². The fourth-order valence-electron chi connectivity index (χ4n) is 3.14. The molecule has 3 heterocycles. The van der Waals surface area contributed by atoms with E-state index >= 15 is 0 Å². The topological polar surface area (TPSA) is 97.1 Å². The monoisotopic (exact) mass is 427 g/mol. The molecule has 0 saturated heterocycles. The van der Waals surface area contributed by atoms with E-state index in [2.05, 4.69) is 30.9 Å². The Hall–Kier alpha value is -4.11. The summed E-state index contributed by atoms with van der Waals surface area (Å²) in [7, 11) is 0. The van der Waals surface area contributed by atoms with Crippen LogP contribution in [0.3, 0.4) is 0 Å². The van der Waals surface area contributed by atoms with Crippen molar-refractivity contribution in [1.82, 2.24) is 24.8 Å². The van der Waals surface area contributed by atoms with Crippen LogP contribution >= 0.6 is 11.3 Å². The predicted octanol–water partition coefficient (Wildman–Crippen LogP) is 4.62. The standard InChI is InChI=1S/C22H17N7OS/c1-14(30)23-17-9-7-16(8-10-17)19-13-31-22-25-21(28-29(19)22)24-20-12-11-18(26-27-20)15-5-3-2-4-6-15/h2-13H,1H3,(H,23,30)(H,24,27,28). The number of carbonyl (C=O) groups is 1. The van der Waals surface area contributed by atoms with Crippen molar-refractivity contribution in [3.8, 4) is 22.5 Å². The molecule has 0 unspecified atom stereocenters. The number of hydrogen-bond donors (Lipinski definition) is 2. The Morgan fingerprint density at radius 3 is 2.45 bits per heavy atom. The number of nitrogens with one attached hydrogen (secondary N) is 2. The molecule has 5 rings (SSSR count). The molecule has 2 aromatic carbocycles. The van der Waals surface area contributed by atoms with E-state index in [-0.39, 0.29) is 5.91 Å². The maximum atomic E-state index is 11.2. The van der Waals surface area contributed by atoms with Gasteiger partial charge in [-0.3, -0.25) is 4.79 Å². The van der Waals surface area contributed by atoms with Crippen LogP contribution in [0, 0.1) is 0 Å². The Kier molecular flexibility index (Phi) is 4.85. The van der Waals surface area contributed by atoms with Crippen molar-refractivity contribution < 1.29 is 4.79 Å². The van der Waals surface area contributed by atoms with Gasteiger partial charge in [0.25, 0.3) is 0 Å². The van der Waals surface area contributed by atoms with E-state index in [1.165, 1.54) is 18.3 Å². The molecular formula is C22H17N7OS. The third-order valence-corrected chi connectivity index (χ3v) is 5.37. The summed E-state index contributed by atoms with van der Waals surface area (Å²) in [6, 6.07) is 21.3. The lowest BCUT2D eigenvalue weighted by Crippen LogP contribution is -2.05. The molecule has 0 aliphatic carbocycles. The molecule has 0 saturated carbocycles. The Labute approximate surface area is 181 Å². The molecular weight excluding hydrogens is 410 g/mol. The molecule has 0 aliphatic rings. The van der Waals surface area contributed by atoms with Crippen LogP contribution in [0.2, 0.25) is 0 Å². The van der Waals surface area contributed by atoms with Crippen molar-refractivity contribution >= 4 is 39.7 Å². The van der Waals surface area contributed by atoms with Crippen molar-refractivity contribution in [2.75, 3.05) is 10.6 Å². The van der Waals surface area contributed by atoms with Crippen LogP contribution in [-0.2, 0) is 4.79 Å². The molecule has 31 heavy (non-hydrogen) atoms. The Morgan fingerprint density at radius 2 is 1.74 bits per heavy atom. The molecule has 5 aromatic rings. The highest BCUT2D eigenvalue weighted by Crippen LogP contribution is 2.27. The minimum absolute atomic E-state index is 0.0995. The molecule has 0 radical (unpaired) electrons. The largest absolute Gasteiger partial charge is 0.326 e. The van der Waals surface area contributed by atoms with Gasteiger partial charge < -0.3 is 10.6 Å². The molecule has 0 atom stereocenters. The number of nitrogens with zero attached hydrogens (tertiary/aromatic N) is 5. The van der Waals surface area contributed by atoms with E-state index in [0.29, 0.717) is 11.8 Å². The molecule has 0 bridgehead atoms. The van der Waals surface area contributed by atoms with Gasteiger partial charge in [-0.25, -0.2) is 4.52 Å². The molecule has 152 valence electrons. The van der Waals surface area contributed by atoms with Gasteiger partial charge in [0.05, 0.1) is 11.4 Å². The molecule has 1 amide bonds. The van der Waals surface area contributed by atoms with Gasteiger partial charge in [0.1, 0.15) is 0 Å². The van der Waals surface area contributed by atoms with Crippen molar-refractivity contribution in [2.45, 2.75) is 6.92 Å². The lowest BCUT2D eigenvalue weighted by Gasteiger charge is -2.04. The third-order valence-electron chi connectivity index (χ3n) is 4.56. The smallest absolute Gasteiger partial charge is 0.249 e. The number of hydrogen-bond acceptors (Lipinski definition) is 7. The first-order chi connectivity index (χ1) is 15.2. The van der Waals surface area contributed by atoms with E-state index in [1.807, 2.05) is 72.1 Å². The normalized spacial score (nSPS) is 10.9. The molecule has 8 nitrogen and oxygen atoms in total. The van der Waals surface area contributed by atoms with Gasteiger partial charge in [0, 0.05) is 29.1 Å². The van der Waals surface area contributed by atoms with Gasteiger partial charge in [-0.1, -0.05) is 42.5 Å². The zero-order chi connectivity index (χ0) is 21.2. The van der Waals surface area contributed by atoms with Crippen LogP contribution in [-0.4, -0.2) is 30.7 Å². The summed E-state index contributed by atoms with van der Waals surface area (Å²) in [4.78, 5) is 16.5. The maximum absolute atomic E-state index is 11.2. The second-order valence-electron chi connectivity index (χ2n) is 6.80. The highest BCUT2D eigenvalue weighted by Gasteiger charge is 2.12. The average molecular weight is 427 g/mol. The fraction of sp³-hybridized carbons (Fsp3) is 0.0455. The van der Waals surface area contributed by atoms with Crippen LogP contribution in [0.1, 0.15) is 6.92 Å². The number of fused-ring (bicyclic) bond motifs is 1. The minimum Gasteiger partial charge on any atom is -0.326 e. The Morgan fingerprint density at radius 1 is 0.935 bits per heavy atom. The van der Waals surface area contributed by atoms with Crippen molar-refractivity contribution in [3.05, 3.63) is 72.1 Å². The van der Waals surface area contributed by atoms with Crippen LogP contribution < -0.4 is 10.6 Å². The van der Waals surface area contributed by atoms with Gasteiger partial charge in [0.2, 0.25) is 16.8 Å². The Bertz CT molecular complexity index is 1340. The second kappa shape index (κ2) is 7.96. The average Bonchev–Trinajstić information content (AvgIpc) is 3.35. The zero-order valence-corrected chi connectivity index (χ0v) is 17.3. The van der Waals surface area contributed by atoms with Gasteiger partial charge in [-0.15, -0.1) is 26.6 Å². The van der Waals surface area contributed by atoms with E-state index in [9.17, 15) is 4.79 Å². The quantitative estimate of drug-likeness (QED) is 0.425. The van der Waals surface area contributed by atoms with Gasteiger partial charge in [-0.05, 0) is 24.3 Å². The number of benzene rings is 2. The number of anilines is 3. The lowest BCUT2D eigenvalue weighted by atomic mass is 10.1. The number of aromatic nitrogens is 5. The van der Waals surface area contributed by atoms with Crippen LogP contribution in [0.5, 0.6) is 0 Å². The summed E-state index contributed by atoms with van der Waals surface area (Å²) in [5.41, 5.74) is 4.46. The zero-order valence-electron chi connectivity index (χ0n) is 16.5. The first-order valence-electron chi connectivity index (χ1n) is 9.54. The summed E-state index contributed by atoms with van der Waals surface area (Å²) in [6.07, 6.45) is 0. The summed E-state index contributed by atoms with van der Waals surface area (Å²) in [6.45, 7) is 1.49. The maximum Gasteiger partial charge on any atom is 0.249 e. The van der Waals surface area contributed by atoms with Crippen LogP contribution in [0.25, 0.3) is 27.5 Å². The van der Waals surface area contributed by atoms with Crippen LogP contribution in [0.15, 0.2) is 72.1 Å². The lowest BCUT2D eigenvalue weighted by molar-refractivity contribution is -0.114. The van der Waals surface area contributed by atoms with Gasteiger partial charge in [-0.2, -0.15) is 4.98 Å². The Balaban J connectivity index is 1.36. The van der Waals surface area contributed by atoms with E-state index in [1.54, 1.807) is 4.52 Å². The fourth-order valence-corrected chi connectivity index (χ4v) is 3.97. The predicted molar refractivity (Wildman–Crippen MR) is 121 cm³/mol. The van der Waals surface area contributed by atoms with E-state index in [0.717, 1.165) is 33.2 Å². The highest BCUT2D eigenvalue weighted by molar-refractivity contribution is 7.15. The third kappa shape index (κ3) is 3.99. The first-order valence-corrected chi connectivity index (χ1v) is 10.4. The highest BCUT2D eigenvalue weighted by atomic mass is 32.1. The van der Waals surface area contributed by atoms with Gasteiger partial charge >= 0.3 is 0 Å². The van der Waals surface area contributed by atoms with Gasteiger partial charge in [0.15, 0.2) is 5.82 Å². The summed E-state index contributed by atoms with van der Waals surface area (Å²) in [5, 5.41) is 21.0. The van der Waals surface area contributed by atoms with Crippen LogP contribution in [0.4, 0.5) is 17.5 Å². The molecule has 2 N–H and O–H groups in total. The van der Waals surface area contributed by atoms with Crippen molar-refractivity contribution in [1.29, 1.82) is 0 Å². The molecule has 3 aromatic heterocycles. The molecule has 0 fully saturated rings. The number of carbonyl (C=O) groups excluding carboxylic acids is 1. The number of amides is 1. The number of thiazole rings is 1. The number of rotatable bonds is 5. The summed E-state index contributed by atoms with van der Waals surface area (Å²) < 4.78 is 1.78. The van der Waals surface area contributed by atoms with E-state index < -0.39 is 0 Å². The SMILES string of the molecule is CC(=O)Nc1ccc(-c2csc3nc(Nc4ccc(-c5ccccc5)nn4)nn23)cc1. The van der Waals surface area contributed by atoms with Crippen molar-refractivity contribution in [3.63, 3.8) is 0 Å². The summed E-state index contributed by atoms with van der Waals surface area (Å²) in [5.74, 6) is 0.918. The first kappa shape index (κ1) is 18.9. The minimum atomic E-state index is -0.0995. The summed E-state index contributed by atoms with van der Waals surface area (Å²) >= 11 is 1.50. The second-order valence-corrected chi connectivity index (χ2v) is 7.64. The van der Waals surface area contributed by atoms with E-state index in [4.69, 9.17) is 0 Å². The molecule has 0 spiro atoms. The molecule has 9 heteroatoms.